The van der Waals surface area contributed by atoms with Crippen LogP contribution in [0.5, 0.6) is 0 Å². The summed E-state index contributed by atoms with van der Waals surface area (Å²) in [7, 11) is 1.39. The first-order valence-electron chi connectivity index (χ1n) is 9.47. The predicted octanol–water partition coefficient (Wildman–Crippen LogP) is 3.94. The van der Waals surface area contributed by atoms with E-state index < -0.39 is 0 Å². The highest BCUT2D eigenvalue weighted by Gasteiger charge is 2.46. The maximum Gasteiger partial charge on any atom is 0.337 e. The number of benzene rings is 2. The average molecular weight is 364 g/mol. The van der Waals surface area contributed by atoms with E-state index in [9.17, 15) is 9.59 Å². The van der Waals surface area contributed by atoms with Crippen LogP contribution in [0.15, 0.2) is 48.5 Å². The number of nitrogens with zero attached hydrogens (tertiary/aromatic N) is 1. The van der Waals surface area contributed by atoms with E-state index in [2.05, 4.69) is 17.4 Å². The molecule has 1 N–H and O–H groups in total. The SMILES string of the molecule is CCC(=O)N1CC[C@@H]2[C@H]1c1cc(C(=O)OC)ccc1N[C@H]2c1ccccc1. The molecule has 2 aliphatic heterocycles. The van der Waals surface area contributed by atoms with Gasteiger partial charge >= 0.3 is 5.97 Å². The molecule has 1 saturated heterocycles. The summed E-state index contributed by atoms with van der Waals surface area (Å²) in [6.45, 7) is 2.64. The van der Waals surface area contributed by atoms with E-state index in [0.717, 1.165) is 24.2 Å². The molecule has 0 aliphatic carbocycles. The van der Waals surface area contributed by atoms with Crippen LogP contribution in [0.25, 0.3) is 0 Å². The number of likely N-dealkylation sites (tertiary alicyclic amines) is 1. The molecule has 27 heavy (non-hydrogen) atoms. The number of nitrogens with one attached hydrogen (secondary N) is 1. The van der Waals surface area contributed by atoms with Crippen molar-refractivity contribution >= 4 is 17.6 Å². The lowest BCUT2D eigenvalue weighted by Crippen LogP contribution is -2.37. The second kappa shape index (κ2) is 7.06. The van der Waals surface area contributed by atoms with Crippen LogP contribution in [-0.2, 0) is 9.53 Å². The van der Waals surface area contributed by atoms with Crippen molar-refractivity contribution in [3.05, 3.63) is 65.2 Å². The monoisotopic (exact) mass is 364 g/mol. The maximum absolute atomic E-state index is 12.6. The fourth-order valence-electron chi connectivity index (χ4n) is 4.50. The minimum Gasteiger partial charge on any atom is -0.465 e. The fraction of sp³-hybridized carbons (Fsp3) is 0.364. The van der Waals surface area contributed by atoms with Gasteiger partial charge in [0.2, 0.25) is 5.91 Å². The number of esters is 1. The van der Waals surface area contributed by atoms with Crippen molar-refractivity contribution in [2.45, 2.75) is 31.8 Å². The van der Waals surface area contributed by atoms with E-state index in [4.69, 9.17) is 4.74 Å². The van der Waals surface area contributed by atoms with Crippen LogP contribution in [0.1, 0.15) is 53.3 Å². The van der Waals surface area contributed by atoms with Gasteiger partial charge in [-0.3, -0.25) is 4.79 Å². The molecule has 2 heterocycles. The smallest absolute Gasteiger partial charge is 0.337 e. The third-order valence-corrected chi connectivity index (χ3v) is 5.76. The van der Waals surface area contributed by atoms with Gasteiger partial charge in [-0.1, -0.05) is 37.3 Å². The lowest BCUT2D eigenvalue weighted by atomic mass is 9.79. The third kappa shape index (κ3) is 2.97. The summed E-state index contributed by atoms with van der Waals surface area (Å²) in [6.07, 6.45) is 1.42. The van der Waals surface area contributed by atoms with Gasteiger partial charge in [-0.05, 0) is 35.7 Å². The summed E-state index contributed by atoms with van der Waals surface area (Å²) in [6, 6.07) is 16.1. The summed E-state index contributed by atoms with van der Waals surface area (Å²) in [5, 5.41) is 3.66. The Labute approximate surface area is 159 Å². The van der Waals surface area contributed by atoms with Crippen LogP contribution in [0.4, 0.5) is 5.69 Å². The standard InChI is InChI=1S/C22H24N2O3/c1-3-19(25)24-12-11-16-20(14-7-5-4-6-8-14)23-18-10-9-15(22(26)27-2)13-17(18)21(16)24/h4-10,13,16,20-21,23H,3,11-12H2,1-2H3/t16-,20-,21-/m0/s1. The van der Waals surface area contributed by atoms with Crippen molar-refractivity contribution in [3.8, 4) is 0 Å². The van der Waals surface area contributed by atoms with Gasteiger partial charge < -0.3 is 15.0 Å². The van der Waals surface area contributed by atoms with Crippen molar-refractivity contribution in [1.82, 2.24) is 4.90 Å². The topological polar surface area (TPSA) is 58.6 Å². The number of fused-ring (bicyclic) bond motifs is 3. The number of hydrogen-bond donors (Lipinski definition) is 1. The summed E-state index contributed by atoms with van der Waals surface area (Å²) < 4.78 is 4.88. The van der Waals surface area contributed by atoms with Crippen molar-refractivity contribution in [2.75, 3.05) is 19.0 Å². The van der Waals surface area contributed by atoms with Gasteiger partial charge in [0.15, 0.2) is 0 Å². The zero-order valence-electron chi connectivity index (χ0n) is 15.6. The molecule has 2 aromatic carbocycles. The molecule has 1 amide bonds. The van der Waals surface area contributed by atoms with Crippen molar-refractivity contribution in [2.24, 2.45) is 5.92 Å². The van der Waals surface area contributed by atoms with E-state index in [0.29, 0.717) is 12.0 Å². The largest absolute Gasteiger partial charge is 0.465 e. The van der Waals surface area contributed by atoms with Gasteiger partial charge in [-0.15, -0.1) is 0 Å². The lowest BCUT2D eigenvalue weighted by molar-refractivity contribution is -0.132. The lowest BCUT2D eigenvalue weighted by Gasteiger charge is -2.40. The zero-order valence-corrected chi connectivity index (χ0v) is 15.6. The molecule has 3 atom stereocenters. The van der Waals surface area contributed by atoms with Crippen LogP contribution in [0.2, 0.25) is 0 Å². The molecule has 1 fully saturated rings. The molecule has 0 saturated carbocycles. The second-order valence-corrected chi connectivity index (χ2v) is 7.16. The first-order chi connectivity index (χ1) is 13.1. The molecule has 5 heteroatoms. The van der Waals surface area contributed by atoms with Gasteiger partial charge in [0.1, 0.15) is 0 Å². The molecule has 5 nitrogen and oxygen atoms in total. The summed E-state index contributed by atoms with van der Waals surface area (Å²) in [5.74, 6) is 0.0693. The molecule has 140 valence electrons. The highest BCUT2D eigenvalue weighted by Crippen LogP contribution is 2.51. The van der Waals surface area contributed by atoms with E-state index in [-0.39, 0.29) is 29.9 Å². The number of amides is 1. The number of carbonyl (C=O) groups is 2. The molecule has 0 radical (unpaired) electrons. The Bertz CT molecular complexity index is 865. The Kier molecular flexibility index (Phi) is 4.60. The quantitative estimate of drug-likeness (QED) is 0.838. The normalized spacial score (nSPS) is 23.2. The number of ether oxygens (including phenoxy) is 1. The van der Waals surface area contributed by atoms with E-state index >= 15 is 0 Å². The Morgan fingerprint density at radius 1 is 1.19 bits per heavy atom. The first-order valence-corrected chi connectivity index (χ1v) is 9.47. The predicted molar refractivity (Wildman–Crippen MR) is 103 cm³/mol. The van der Waals surface area contributed by atoms with Gasteiger partial charge in [-0.25, -0.2) is 4.79 Å². The van der Waals surface area contributed by atoms with Crippen LogP contribution in [0.3, 0.4) is 0 Å². The summed E-state index contributed by atoms with van der Waals surface area (Å²) >= 11 is 0. The number of carbonyl (C=O) groups excluding carboxylic acids is 2. The Balaban J connectivity index is 1.81. The van der Waals surface area contributed by atoms with Crippen molar-refractivity contribution < 1.29 is 14.3 Å². The molecule has 4 rings (SSSR count). The van der Waals surface area contributed by atoms with Crippen molar-refractivity contribution in [3.63, 3.8) is 0 Å². The Morgan fingerprint density at radius 2 is 1.96 bits per heavy atom. The van der Waals surface area contributed by atoms with E-state index in [1.807, 2.05) is 42.2 Å². The minimum atomic E-state index is -0.356. The van der Waals surface area contributed by atoms with Crippen molar-refractivity contribution in [1.29, 1.82) is 0 Å². The average Bonchev–Trinajstić information content (AvgIpc) is 3.17. The maximum atomic E-state index is 12.6. The number of hydrogen-bond acceptors (Lipinski definition) is 4. The van der Waals surface area contributed by atoms with Crippen LogP contribution in [0, 0.1) is 5.92 Å². The summed E-state index contributed by atoms with van der Waals surface area (Å²) in [5.41, 5.74) is 3.73. The highest BCUT2D eigenvalue weighted by molar-refractivity contribution is 5.90. The van der Waals surface area contributed by atoms with Crippen LogP contribution in [-0.4, -0.2) is 30.4 Å². The summed E-state index contributed by atoms with van der Waals surface area (Å²) in [4.78, 5) is 26.6. The Morgan fingerprint density at radius 3 is 2.67 bits per heavy atom. The van der Waals surface area contributed by atoms with Gasteiger partial charge in [0.25, 0.3) is 0 Å². The number of anilines is 1. The van der Waals surface area contributed by atoms with Gasteiger partial charge in [0, 0.05) is 24.6 Å². The fourth-order valence-corrected chi connectivity index (χ4v) is 4.50. The molecule has 0 spiro atoms. The zero-order chi connectivity index (χ0) is 19.0. The van der Waals surface area contributed by atoms with Gasteiger partial charge in [-0.2, -0.15) is 0 Å². The minimum absolute atomic E-state index is 0.0245. The molecule has 0 bridgehead atoms. The van der Waals surface area contributed by atoms with Crippen LogP contribution < -0.4 is 5.32 Å². The molecule has 0 unspecified atom stereocenters. The first kappa shape index (κ1) is 17.6. The molecular formula is C22H24N2O3. The Hall–Kier alpha value is -2.82. The molecular weight excluding hydrogens is 340 g/mol. The molecule has 2 aliphatic rings. The van der Waals surface area contributed by atoms with Gasteiger partial charge in [0.05, 0.1) is 24.8 Å². The number of rotatable bonds is 3. The highest BCUT2D eigenvalue weighted by atomic mass is 16.5. The number of methoxy groups -OCH3 is 1. The van der Waals surface area contributed by atoms with E-state index in [1.165, 1.54) is 12.7 Å². The molecule has 0 aromatic heterocycles. The van der Waals surface area contributed by atoms with Crippen LogP contribution >= 0.6 is 0 Å². The molecule has 2 aromatic rings. The van der Waals surface area contributed by atoms with E-state index in [1.54, 1.807) is 6.07 Å². The third-order valence-electron chi connectivity index (χ3n) is 5.76. The second-order valence-electron chi connectivity index (χ2n) is 7.16.